The molecule has 2 aromatic heterocycles. The summed E-state index contributed by atoms with van der Waals surface area (Å²) in [6, 6.07) is 23.2. The number of alkyl halides is 6. The number of carboxylic acids is 1. The Balaban J connectivity index is 0.842. The zero-order chi connectivity index (χ0) is 52.6. The van der Waals surface area contributed by atoms with Crippen LogP contribution >= 0.6 is 0 Å². The van der Waals surface area contributed by atoms with Crippen molar-refractivity contribution in [1.82, 2.24) is 29.7 Å². The van der Waals surface area contributed by atoms with Crippen LogP contribution in [0.25, 0.3) is 33.3 Å². The van der Waals surface area contributed by atoms with Gasteiger partial charge in [-0.1, -0.05) is 30.3 Å². The summed E-state index contributed by atoms with van der Waals surface area (Å²) in [5.74, 6) is -7.04. The molecule has 0 saturated carbocycles. The molecule has 2 amide bonds. The van der Waals surface area contributed by atoms with Crippen LogP contribution in [0.3, 0.4) is 0 Å². The molecular weight excluding hydrogens is 983 g/mol. The second-order valence-electron chi connectivity index (χ2n) is 17.1. The van der Waals surface area contributed by atoms with Crippen molar-refractivity contribution in [3.63, 3.8) is 0 Å². The number of amides is 2. The number of hydrogen-bond donors (Lipinski definition) is 3. The van der Waals surface area contributed by atoms with Gasteiger partial charge in [-0.3, -0.25) is 14.4 Å². The van der Waals surface area contributed by atoms with Crippen molar-refractivity contribution in [2.75, 3.05) is 30.8 Å². The lowest BCUT2D eigenvalue weighted by atomic mass is 10.1. The van der Waals surface area contributed by atoms with E-state index in [1.165, 1.54) is 59.5 Å². The Hall–Kier alpha value is -9.02. The molecule has 7 aromatic rings. The monoisotopic (exact) mass is 1020 g/mol. The van der Waals surface area contributed by atoms with E-state index in [9.17, 15) is 60.2 Å². The predicted molar refractivity (Wildman–Crippen MR) is 251 cm³/mol. The highest BCUT2D eigenvalue weighted by Crippen LogP contribution is 2.36. The molecule has 2 aliphatic rings. The van der Waals surface area contributed by atoms with Crippen LogP contribution in [0, 0.1) is 5.92 Å². The van der Waals surface area contributed by atoms with Crippen molar-refractivity contribution in [3.05, 3.63) is 143 Å². The van der Waals surface area contributed by atoms with Gasteiger partial charge >= 0.3 is 36.2 Å². The van der Waals surface area contributed by atoms with Gasteiger partial charge in [0.2, 0.25) is 0 Å². The molecule has 9 rings (SSSR count). The van der Waals surface area contributed by atoms with Gasteiger partial charge in [-0.05, 0) is 104 Å². The number of carboxylic acid groups (broad SMARTS) is 1. The van der Waals surface area contributed by atoms with Gasteiger partial charge in [0, 0.05) is 41.2 Å². The minimum Gasteiger partial charge on any atom is -0.480 e. The number of rotatable bonds is 11. The summed E-state index contributed by atoms with van der Waals surface area (Å²) in [5.41, 5.74) is -0.622. The third kappa shape index (κ3) is 10.3. The quantitative estimate of drug-likeness (QED) is 0.0625. The molecule has 74 heavy (non-hydrogen) atoms. The summed E-state index contributed by atoms with van der Waals surface area (Å²) < 4.78 is 90.6. The normalized spacial score (nSPS) is 16.8. The van der Waals surface area contributed by atoms with Crippen molar-refractivity contribution in [3.8, 4) is 11.3 Å². The molecule has 4 heterocycles. The summed E-state index contributed by atoms with van der Waals surface area (Å²) in [6.07, 6.45) is -9.13. The minimum absolute atomic E-state index is 0.0119. The lowest BCUT2D eigenvalue weighted by molar-refractivity contribution is -0.165. The summed E-state index contributed by atoms with van der Waals surface area (Å²) in [5, 5.41) is 16.1. The number of aliphatic carboxylic acids is 1. The number of ether oxygens (including phenoxy) is 2. The maximum Gasteiger partial charge on any atom is 0.416 e. The maximum absolute atomic E-state index is 13.8. The van der Waals surface area contributed by atoms with E-state index < -0.39 is 89.4 Å². The molecule has 3 N–H and O–H groups in total. The third-order valence-electron chi connectivity index (χ3n) is 12.4. The summed E-state index contributed by atoms with van der Waals surface area (Å²) in [4.78, 5) is 99.2. The predicted octanol–water partition coefficient (Wildman–Crippen LogP) is 8.84. The van der Waals surface area contributed by atoms with Gasteiger partial charge in [-0.15, -0.1) is 0 Å². The van der Waals surface area contributed by atoms with Crippen LogP contribution in [0.1, 0.15) is 61.6 Å². The molecule has 0 radical (unpaired) electrons. The van der Waals surface area contributed by atoms with Crippen LogP contribution in [-0.2, 0) is 36.2 Å². The summed E-state index contributed by atoms with van der Waals surface area (Å²) in [7, 11) is 1.06. The molecular formula is C51H38F6N8O9. The van der Waals surface area contributed by atoms with Crippen LogP contribution < -0.4 is 10.6 Å². The van der Waals surface area contributed by atoms with Crippen molar-refractivity contribution in [2.24, 2.45) is 5.92 Å². The van der Waals surface area contributed by atoms with Crippen molar-refractivity contribution in [1.29, 1.82) is 0 Å². The van der Waals surface area contributed by atoms with E-state index in [0.717, 1.165) is 42.3 Å². The highest BCUT2D eigenvalue weighted by Gasteiger charge is 2.45. The number of carbonyl (C=O) groups excluding carboxylic acids is 5. The van der Waals surface area contributed by atoms with Crippen molar-refractivity contribution in [2.45, 2.75) is 43.7 Å². The first-order chi connectivity index (χ1) is 35.2. The Morgan fingerprint density at radius 1 is 0.622 bits per heavy atom. The van der Waals surface area contributed by atoms with E-state index in [1.807, 2.05) is 0 Å². The van der Waals surface area contributed by atoms with E-state index in [2.05, 4.69) is 30.6 Å². The standard InChI is InChI=1S/C51H38F6N8O9/c1-73-49(72)41-43(63-35-20-14-31(51(55,56)57)24-37(35)61-41)59-33-15-9-27(10-16-33)44(66)64-21-5-8-38(64)48(71)74-47(70)29-22-39(46(68)69)65(25-29)45(67)28-11-17-32(18-12-28)58-42-40(26-6-3-2-4-7-26)60-36-23-30(50(52,53)54)13-19-34(36)62-42/h2-4,6-7,9-20,23-24,29,38-39H,5,8,21-22,25H2,1H3,(H,58,62)(H,59,63)(H,68,69). The van der Waals surface area contributed by atoms with Crippen LogP contribution in [0.4, 0.5) is 49.4 Å². The van der Waals surface area contributed by atoms with Crippen LogP contribution in [0.2, 0.25) is 0 Å². The first-order valence-electron chi connectivity index (χ1n) is 22.5. The van der Waals surface area contributed by atoms with Gasteiger partial charge in [0.25, 0.3) is 11.8 Å². The number of aromatic nitrogens is 4. The molecule has 3 atom stereocenters. The highest BCUT2D eigenvalue weighted by molar-refractivity contribution is 6.01. The van der Waals surface area contributed by atoms with Crippen molar-refractivity contribution >= 4 is 80.8 Å². The molecule has 2 aliphatic heterocycles. The number of anilines is 4. The van der Waals surface area contributed by atoms with Gasteiger partial charge in [-0.2, -0.15) is 26.3 Å². The molecule has 23 heteroatoms. The minimum atomic E-state index is -4.67. The fourth-order valence-electron chi connectivity index (χ4n) is 8.64. The number of methoxy groups -OCH3 is 1. The molecule has 3 unspecified atom stereocenters. The highest BCUT2D eigenvalue weighted by atomic mass is 19.4. The first kappa shape index (κ1) is 49.9. The number of hydrogen-bond acceptors (Lipinski definition) is 14. The van der Waals surface area contributed by atoms with E-state index in [1.54, 1.807) is 30.3 Å². The number of benzene rings is 5. The Bertz CT molecular complexity index is 3380. The van der Waals surface area contributed by atoms with Crippen LogP contribution in [0.5, 0.6) is 0 Å². The maximum atomic E-state index is 13.8. The Kier molecular flexibility index (Phi) is 13.4. The van der Waals surface area contributed by atoms with Gasteiger partial charge < -0.3 is 35.0 Å². The van der Waals surface area contributed by atoms with E-state index in [4.69, 9.17) is 9.47 Å². The summed E-state index contributed by atoms with van der Waals surface area (Å²) >= 11 is 0. The van der Waals surface area contributed by atoms with Crippen molar-refractivity contribution < 1.29 is 69.7 Å². The smallest absolute Gasteiger partial charge is 0.416 e. The number of fused-ring (bicyclic) bond motifs is 2. The zero-order valence-electron chi connectivity index (χ0n) is 38.4. The number of nitrogens with zero attached hydrogens (tertiary/aromatic N) is 6. The Labute approximate surface area is 414 Å². The van der Waals surface area contributed by atoms with Gasteiger partial charge in [-0.25, -0.2) is 34.3 Å². The number of likely N-dealkylation sites (tertiary alicyclic amines) is 2. The number of nitrogens with one attached hydrogen (secondary N) is 2. The Morgan fingerprint density at radius 2 is 1.16 bits per heavy atom. The number of carbonyl (C=O) groups is 6. The first-order valence-corrected chi connectivity index (χ1v) is 22.5. The second-order valence-corrected chi connectivity index (χ2v) is 17.1. The largest absolute Gasteiger partial charge is 0.480 e. The van der Waals surface area contributed by atoms with Crippen LogP contribution in [-0.4, -0.2) is 103 Å². The van der Waals surface area contributed by atoms with Gasteiger partial charge in [0.05, 0.1) is 46.2 Å². The summed E-state index contributed by atoms with van der Waals surface area (Å²) in [6.45, 7) is -0.293. The molecule has 17 nitrogen and oxygen atoms in total. The Morgan fingerprint density at radius 3 is 1.72 bits per heavy atom. The fraction of sp³-hybridized carbons (Fsp3) is 0.216. The van der Waals surface area contributed by atoms with E-state index in [-0.39, 0.29) is 75.6 Å². The molecule has 2 saturated heterocycles. The number of esters is 3. The number of halogens is 6. The molecule has 0 aliphatic carbocycles. The topological polar surface area (TPSA) is 223 Å². The average Bonchev–Trinajstić information content (AvgIpc) is 4.07. The van der Waals surface area contributed by atoms with E-state index >= 15 is 0 Å². The molecule has 2 fully saturated rings. The van der Waals surface area contributed by atoms with Crippen LogP contribution in [0.15, 0.2) is 115 Å². The lowest BCUT2D eigenvalue weighted by Gasteiger charge is -2.23. The SMILES string of the molecule is COC(=O)c1nc2cc(C(F)(F)F)ccc2nc1Nc1ccc(C(=O)N2CCCC2C(=O)OC(=O)C2CC(C(=O)O)N(C(=O)c3ccc(Nc4nc5ccc(C(F)(F)F)cc5nc4-c4ccccc4)cc3)C2)cc1. The fourth-order valence-corrected chi connectivity index (χ4v) is 8.64. The molecule has 378 valence electrons. The molecule has 5 aromatic carbocycles. The van der Waals surface area contributed by atoms with E-state index in [0.29, 0.717) is 17.7 Å². The lowest BCUT2D eigenvalue weighted by Crippen LogP contribution is -2.42. The zero-order valence-corrected chi connectivity index (χ0v) is 38.4. The van der Waals surface area contributed by atoms with Gasteiger partial charge in [0.1, 0.15) is 17.8 Å². The van der Waals surface area contributed by atoms with Gasteiger partial charge in [0.15, 0.2) is 17.3 Å². The molecule has 0 spiro atoms. The average molecular weight is 1020 g/mol. The third-order valence-corrected chi connectivity index (χ3v) is 12.4. The molecule has 0 bridgehead atoms. The second kappa shape index (κ2) is 19.9.